The summed E-state index contributed by atoms with van der Waals surface area (Å²) in [5.41, 5.74) is 4.30. The summed E-state index contributed by atoms with van der Waals surface area (Å²) in [5.74, 6) is 0.450. The van der Waals surface area contributed by atoms with Gasteiger partial charge in [-0.1, -0.05) is 66.7 Å². The summed E-state index contributed by atoms with van der Waals surface area (Å²) >= 11 is 0. The Kier molecular flexibility index (Phi) is 6.26. The number of aromatic nitrogens is 2. The van der Waals surface area contributed by atoms with Gasteiger partial charge in [0.2, 0.25) is 10.0 Å². The molecule has 0 atom stereocenters. The van der Waals surface area contributed by atoms with Crippen LogP contribution >= 0.6 is 0 Å². The van der Waals surface area contributed by atoms with Gasteiger partial charge in [-0.15, -0.1) is 0 Å². The number of hydrogen-bond donors (Lipinski definition) is 0. The van der Waals surface area contributed by atoms with Crippen LogP contribution in [-0.4, -0.2) is 42.6 Å². The van der Waals surface area contributed by atoms with Crippen LogP contribution in [0.25, 0.3) is 10.9 Å². The van der Waals surface area contributed by atoms with Crippen molar-refractivity contribution in [1.29, 1.82) is 0 Å². The molecule has 0 saturated heterocycles. The highest BCUT2D eigenvalue weighted by Crippen LogP contribution is 2.48. The third-order valence-corrected chi connectivity index (χ3v) is 9.42. The van der Waals surface area contributed by atoms with Crippen molar-refractivity contribution in [3.63, 3.8) is 0 Å². The molecule has 38 heavy (non-hydrogen) atoms. The maximum atomic E-state index is 13.8. The summed E-state index contributed by atoms with van der Waals surface area (Å²) in [6, 6.07) is 23.2. The Hall–Kier alpha value is -3.59. The van der Waals surface area contributed by atoms with Crippen molar-refractivity contribution in [3.05, 3.63) is 89.5 Å². The maximum Gasteiger partial charge on any atom is 0.257 e. The van der Waals surface area contributed by atoms with Crippen molar-refractivity contribution in [3.8, 4) is 0 Å². The number of sulfonamides is 1. The lowest BCUT2D eigenvalue weighted by Gasteiger charge is -2.18. The van der Waals surface area contributed by atoms with Gasteiger partial charge in [-0.25, -0.2) is 22.2 Å². The Bertz CT molecular complexity index is 1570. The zero-order chi connectivity index (χ0) is 26.4. The van der Waals surface area contributed by atoms with Crippen LogP contribution in [0.5, 0.6) is 0 Å². The minimum atomic E-state index is -3.64. The fourth-order valence-electron chi connectivity index (χ4n) is 4.93. The van der Waals surface area contributed by atoms with E-state index >= 15 is 0 Å². The lowest BCUT2D eigenvalue weighted by Crippen LogP contribution is -2.30. The summed E-state index contributed by atoms with van der Waals surface area (Å²) in [6.07, 6.45) is 0.473. The van der Waals surface area contributed by atoms with Crippen LogP contribution in [0.4, 0.5) is 20.3 Å². The number of halogens is 2. The van der Waals surface area contributed by atoms with Gasteiger partial charge in [0.1, 0.15) is 6.54 Å². The van der Waals surface area contributed by atoms with Crippen molar-refractivity contribution in [2.24, 2.45) is 4.99 Å². The molecule has 9 heteroatoms. The maximum absolute atomic E-state index is 13.8. The SMILES string of the molecule is CN(c1nn(CC(F)F)c2c(N=C(c3ccccc3)c3ccccc3)ccc(C3CC3)c12)S(=O)(=O)C1CC1. The van der Waals surface area contributed by atoms with Crippen LogP contribution in [0.2, 0.25) is 0 Å². The van der Waals surface area contributed by atoms with Gasteiger partial charge in [-0.3, -0.25) is 8.99 Å². The number of hydrogen-bond acceptors (Lipinski definition) is 4. The average molecular weight is 535 g/mol. The van der Waals surface area contributed by atoms with Gasteiger partial charge < -0.3 is 0 Å². The van der Waals surface area contributed by atoms with Gasteiger partial charge in [0.25, 0.3) is 6.43 Å². The third kappa shape index (κ3) is 4.60. The lowest BCUT2D eigenvalue weighted by atomic mass is 10.0. The smallest absolute Gasteiger partial charge is 0.255 e. The molecule has 2 aliphatic carbocycles. The Morgan fingerprint density at radius 2 is 1.58 bits per heavy atom. The minimum Gasteiger partial charge on any atom is -0.255 e. The van der Waals surface area contributed by atoms with Crippen molar-refractivity contribution in [2.45, 2.75) is 49.8 Å². The first-order valence-electron chi connectivity index (χ1n) is 12.8. The van der Waals surface area contributed by atoms with E-state index in [1.165, 1.54) is 16.0 Å². The third-order valence-electron chi connectivity index (χ3n) is 7.17. The largest absolute Gasteiger partial charge is 0.257 e. The van der Waals surface area contributed by atoms with Crippen LogP contribution in [0.1, 0.15) is 48.3 Å². The van der Waals surface area contributed by atoms with E-state index in [9.17, 15) is 17.2 Å². The van der Waals surface area contributed by atoms with Crippen molar-refractivity contribution >= 4 is 38.1 Å². The van der Waals surface area contributed by atoms with Gasteiger partial charge in [0, 0.05) is 18.2 Å². The predicted molar refractivity (Wildman–Crippen MR) is 146 cm³/mol. The molecule has 2 fully saturated rings. The van der Waals surface area contributed by atoms with Crippen LogP contribution < -0.4 is 4.31 Å². The number of fused-ring (bicyclic) bond motifs is 1. The molecule has 1 heterocycles. The summed E-state index contributed by atoms with van der Waals surface area (Å²) in [6.45, 7) is -0.656. The van der Waals surface area contributed by atoms with Gasteiger partial charge in [0.15, 0.2) is 5.82 Å². The van der Waals surface area contributed by atoms with E-state index < -0.39 is 28.2 Å². The molecule has 6 rings (SSSR count). The Morgan fingerprint density at radius 1 is 0.974 bits per heavy atom. The highest BCUT2D eigenvalue weighted by Gasteiger charge is 2.41. The molecule has 0 bridgehead atoms. The Labute approximate surface area is 220 Å². The van der Waals surface area contributed by atoms with E-state index in [-0.39, 0.29) is 11.7 Å². The Balaban J connectivity index is 1.62. The second-order valence-electron chi connectivity index (χ2n) is 9.97. The first-order valence-corrected chi connectivity index (χ1v) is 14.3. The van der Waals surface area contributed by atoms with E-state index in [4.69, 9.17) is 4.99 Å². The first-order chi connectivity index (χ1) is 18.3. The summed E-state index contributed by atoms with van der Waals surface area (Å²) in [7, 11) is -2.15. The topological polar surface area (TPSA) is 67.6 Å². The number of nitrogens with zero attached hydrogens (tertiary/aromatic N) is 4. The molecular formula is C29H28F2N4O2S. The molecule has 0 spiro atoms. The van der Waals surface area contributed by atoms with Crippen LogP contribution in [-0.2, 0) is 16.6 Å². The molecule has 3 aromatic carbocycles. The van der Waals surface area contributed by atoms with E-state index in [1.54, 1.807) is 0 Å². The van der Waals surface area contributed by atoms with E-state index in [2.05, 4.69) is 5.10 Å². The second-order valence-corrected chi connectivity index (χ2v) is 12.2. The molecule has 196 valence electrons. The van der Waals surface area contributed by atoms with Crippen LogP contribution in [0.15, 0.2) is 77.8 Å². The average Bonchev–Trinajstić information content (AvgIpc) is 3.84. The number of rotatable bonds is 9. The highest BCUT2D eigenvalue weighted by atomic mass is 32.2. The van der Waals surface area contributed by atoms with Crippen LogP contribution in [0, 0.1) is 0 Å². The van der Waals surface area contributed by atoms with Crippen molar-refractivity contribution in [1.82, 2.24) is 9.78 Å². The fraction of sp³-hybridized carbons (Fsp3) is 0.310. The number of anilines is 1. The van der Waals surface area contributed by atoms with Gasteiger partial charge in [-0.2, -0.15) is 5.10 Å². The number of benzene rings is 3. The van der Waals surface area contributed by atoms with Gasteiger partial charge >= 0.3 is 0 Å². The zero-order valence-electron chi connectivity index (χ0n) is 21.0. The highest BCUT2D eigenvalue weighted by molar-refractivity contribution is 7.93. The summed E-state index contributed by atoms with van der Waals surface area (Å²) in [5, 5.41) is 4.65. The second kappa shape index (κ2) is 9.62. The molecule has 1 aromatic heterocycles. The molecule has 6 nitrogen and oxygen atoms in total. The molecule has 0 amide bonds. The number of aliphatic imine (C=N–C) groups is 1. The Morgan fingerprint density at radius 3 is 2.11 bits per heavy atom. The monoisotopic (exact) mass is 534 g/mol. The summed E-state index contributed by atoms with van der Waals surface area (Å²) < 4.78 is 56.4. The fourth-order valence-corrected chi connectivity index (χ4v) is 6.48. The van der Waals surface area contributed by atoms with Crippen molar-refractivity contribution < 1.29 is 17.2 Å². The molecule has 0 radical (unpaired) electrons. The van der Waals surface area contributed by atoms with Gasteiger partial charge in [0.05, 0.1) is 27.6 Å². The molecule has 0 aliphatic heterocycles. The summed E-state index contributed by atoms with van der Waals surface area (Å²) in [4.78, 5) is 5.04. The van der Waals surface area contributed by atoms with E-state index in [0.29, 0.717) is 35.1 Å². The molecule has 2 saturated carbocycles. The van der Waals surface area contributed by atoms with Crippen LogP contribution in [0.3, 0.4) is 0 Å². The first kappa shape index (κ1) is 24.7. The van der Waals surface area contributed by atoms with E-state index in [0.717, 1.165) is 29.5 Å². The predicted octanol–water partition coefficient (Wildman–Crippen LogP) is 6.28. The van der Waals surface area contributed by atoms with Gasteiger partial charge in [-0.05, 0) is 43.2 Å². The molecular weight excluding hydrogens is 506 g/mol. The number of alkyl halides is 2. The lowest BCUT2D eigenvalue weighted by molar-refractivity contribution is 0.123. The normalized spacial score (nSPS) is 15.7. The molecule has 0 N–H and O–H groups in total. The molecule has 2 aliphatic rings. The zero-order valence-corrected chi connectivity index (χ0v) is 21.8. The quantitative estimate of drug-likeness (QED) is 0.238. The molecule has 4 aromatic rings. The van der Waals surface area contributed by atoms with E-state index in [1.807, 2.05) is 72.8 Å². The standard InChI is InChI=1S/C29H28F2N4O2S/c1-34(38(36,37)22-14-15-22)29-26-23(19-12-13-19)16-17-24(28(26)35(33-29)18-25(30)31)32-27(20-8-4-2-5-9-20)21-10-6-3-7-11-21/h2-11,16-17,19,22,25H,12-15,18H2,1H3. The molecule has 0 unspecified atom stereocenters. The van der Waals surface area contributed by atoms with Crippen molar-refractivity contribution in [2.75, 3.05) is 11.4 Å². The minimum absolute atomic E-state index is 0.201.